The summed E-state index contributed by atoms with van der Waals surface area (Å²) in [6.45, 7) is 4.96. The van der Waals surface area contributed by atoms with Gasteiger partial charge in [0.15, 0.2) is 0 Å². The minimum Gasteiger partial charge on any atom is -0.453 e. The lowest BCUT2D eigenvalue weighted by atomic mass is 9.99. The van der Waals surface area contributed by atoms with Crippen molar-refractivity contribution in [2.75, 3.05) is 19.0 Å². The number of benzene rings is 1. The number of rotatable bonds is 2. The zero-order chi connectivity index (χ0) is 15.4. The third-order valence-electron chi connectivity index (χ3n) is 3.33. The molecule has 2 rings (SSSR count). The van der Waals surface area contributed by atoms with Crippen molar-refractivity contribution in [3.05, 3.63) is 29.3 Å². The average Bonchev–Trinajstić information content (AvgIpc) is 2.44. The molecule has 0 radical (unpaired) electrons. The molecule has 21 heavy (non-hydrogen) atoms. The summed E-state index contributed by atoms with van der Waals surface area (Å²) < 4.78 is 4.75. The molecule has 6 nitrogen and oxygen atoms in total. The number of carbonyl (C=O) groups is 2. The van der Waals surface area contributed by atoms with E-state index in [1.54, 1.807) is 4.90 Å². The van der Waals surface area contributed by atoms with Gasteiger partial charge in [0.05, 0.1) is 7.11 Å². The standard InChI is InChI=1S/C15H21N3O3/c1-10(2)16-14(19)17-13-5-4-11-6-7-18(15(20)21-3)9-12(11)8-13/h4-5,8,10H,6-7,9H2,1-3H3,(H2,16,17,19). The van der Waals surface area contributed by atoms with E-state index < -0.39 is 0 Å². The zero-order valence-electron chi connectivity index (χ0n) is 12.6. The first-order valence-corrected chi connectivity index (χ1v) is 7.02. The van der Waals surface area contributed by atoms with Gasteiger partial charge in [0.2, 0.25) is 0 Å². The lowest BCUT2D eigenvalue weighted by Gasteiger charge is -2.28. The molecule has 6 heteroatoms. The first-order valence-electron chi connectivity index (χ1n) is 7.02. The summed E-state index contributed by atoms with van der Waals surface area (Å²) in [4.78, 5) is 24.9. The maximum absolute atomic E-state index is 11.7. The van der Waals surface area contributed by atoms with Crippen LogP contribution in [0.1, 0.15) is 25.0 Å². The highest BCUT2D eigenvalue weighted by atomic mass is 16.5. The van der Waals surface area contributed by atoms with Gasteiger partial charge in [0, 0.05) is 24.8 Å². The Bertz CT molecular complexity index is 543. The van der Waals surface area contributed by atoms with Gasteiger partial charge in [-0.15, -0.1) is 0 Å². The first kappa shape index (κ1) is 15.2. The predicted molar refractivity (Wildman–Crippen MR) is 80.3 cm³/mol. The SMILES string of the molecule is COC(=O)N1CCc2ccc(NC(=O)NC(C)C)cc2C1. The Labute approximate surface area is 124 Å². The normalized spacial score (nSPS) is 13.6. The van der Waals surface area contributed by atoms with Crippen LogP contribution in [-0.4, -0.2) is 36.7 Å². The Morgan fingerprint density at radius 1 is 1.29 bits per heavy atom. The molecule has 0 spiro atoms. The maximum Gasteiger partial charge on any atom is 0.409 e. The van der Waals surface area contributed by atoms with Crippen molar-refractivity contribution in [3.8, 4) is 0 Å². The van der Waals surface area contributed by atoms with Crippen LogP contribution in [0.5, 0.6) is 0 Å². The topological polar surface area (TPSA) is 70.7 Å². The highest BCUT2D eigenvalue weighted by molar-refractivity contribution is 5.89. The van der Waals surface area contributed by atoms with Crippen molar-refractivity contribution in [1.82, 2.24) is 10.2 Å². The number of amides is 3. The van der Waals surface area contributed by atoms with Gasteiger partial charge in [0.1, 0.15) is 0 Å². The Hall–Kier alpha value is -2.24. The summed E-state index contributed by atoms with van der Waals surface area (Å²) in [6.07, 6.45) is 0.472. The van der Waals surface area contributed by atoms with Gasteiger partial charge in [-0.05, 0) is 43.5 Å². The van der Waals surface area contributed by atoms with Crippen LogP contribution in [-0.2, 0) is 17.7 Å². The van der Waals surface area contributed by atoms with Crippen molar-refractivity contribution in [3.63, 3.8) is 0 Å². The molecule has 0 aromatic heterocycles. The Kier molecular flexibility index (Phi) is 4.67. The number of anilines is 1. The van der Waals surface area contributed by atoms with E-state index >= 15 is 0 Å². The quantitative estimate of drug-likeness (QED) is 0.878. The van der Waals surface area contributed by atoms with Gasteiger partial charge in [-0.25, -0.2) is 9.59 Å². The van der Waals surface area contributed by atoms with E-state index in [0.29, 0.717) is 13.1 Å². The molecule has 0 atom stereocenters. The van der Waals surface area contributed by atoms with E-state index in [4.69, 9.17) is 4.74 Å². The molecule has 3 amide bonds. The highest BCUT2D eigenvalue weighted by Gasteiger charge is 2.21. The van der Waals surface area contributed by atoms with Crippen LogP contribution in [0.4, 0.5) is 15.3 Å². The molecule has 1 aliphatic rings. The number of methoxy groups -OCH3 is 1. The predicted octanol–water partition coefficient (Wildman–Crippen LogP) is 2.34. The molecule has 1 heterocycles. The second kappa shape index (κ2) is 6.47. The average molecular weight is 291 g/mol. The minimum atomic E-state index is -0.323. The molecule has 0 unspecified atom stereocenters. The highest BCUT2D eigenvalue weighted by Crippen LogP contribution is 2.23. The molecule has 1 aliphatic heterocycles. The molecule has 0 bridgehead atoms. The number of carbonyl (C=O) groups excluding carboxylic acids is 2. The number of nitrogens with one attached hydrogen (secondary N) is 2. The van der Waals surface area contributed by atoms with E-state index in [2.05, 4.69) is 10.6 Å². The largest absolute Gasteiger partial charge is 0.453 e. The molecular weight excluding hydrogens is 270 g/mol. The summed E-state index contributed by atoms with van der Waals surface area (Å²) in [5, 5.41) is 5.57. The van der Waals surface area contributed by atoms with E-state index in [9.17, 15) is 9.59 Å². The third-order valence-corrected chi connectivity index (χ3v) is 3.33. The van der Waals surface area contributed by atoms with Crippen LogP contribution in [0.3, 0.4) is 0 Å². The Balaban J connectivity index is 2.08. The number of fused-ring (bicyclic) bond motifs is 1. The number of urea groups is 1. The molecule has 1 aromatic carbocycles. The molecule has 0 saturated carbocycles. The van der Waals surface area contributed by atoms with Crippen molar-refractivity contribution < 1.29 is 14.3 Å². The van der Waals surface area contributed by atoms with E-state index in [1.807, 2.05) is 32.0 Å². The lowest BCUT2D eigenvalue weighted by molar-refractivity contribution is 0.118. The van der Waals surface area contributed by atoms with Gasteiger partial charge in [-0.2, -0.15) is 0 Å². The first-order chi connectivity index (χ1) is 9.99. The lowest BCUT2D eigenvalue weighted by Crippen LogP contribution is -2.36. The van der Waals surface area contributed by atoms with E-state index in [-0.39, 0.29) is 18.2 Å². The monoisotopic (exact) mass is 291 g/mol. The Morgan fingerprint density at radius 2 is 2.05 bits per heavy atom. The van der Waals surface area contributed by atoms with Gasteiger partial charge < -0.3 is 20.3 Å². The summed E-state index contributed by atoms with van der Waals surface area (Å²) in [7, 11) is 1.38. The van der Waals surface area contributed by atoms with Crippen LogP contribution >= 0.6 is 0 Å². The van der Waals surface area contributed by atoms with Crippen molar-refractivity contribution >= 4 is 17.8 Å². The zero-order valence-corrected chi connectivity index (χ0v) is 12.6. The van der Waals surface area contributed by atoms with Gasteiger partial charge in [-0.3, -0.25) is 0 Å². The van der Waals surface area contributed by atoms with Crippen LogP contribution < -0.4 is 10.6 Å². The smallest absolute Gasteiger partial charge is 0.409 e. The van der Waals surface area contributed by atoms with Crippen LogP contribution in [0.25, 0.3) is 0 Å². The maximum atomic E-state index is 11.7. The van der Waals surface area contributed by atoms with Crippen LogP contribution in [0.2, 0.25) is 0 Å². The molecular formula is C15H21N3O3. The fourth-order valence-electron chi connectivity index (χ4n) is 2.35. The van der Waals surface area contributed by atoms with Gasteiger partial charge >= 0.3 is 12.1 Å². The molecule has 0 saturated heterocycles. The Morgan fingerprint density at radius 3 is 2.71 bits per heavy atom. The minimum absolute atomic E-state index is 0.0810. The number of nitrogens with zero attached hydrogens (tertiary/aromatic N) is 1. The van der Waals surface area contributed by atoms with Gasteiger partial charge in [0.25, 0.3) is 0 Å². The molecule has 114 valence electrons. The fraction of sp³-hybridized carbons (Fsp3) is 0.467. The summed E-state index contributed by atoms with van der Waals surface area (Å²) >= 11 is 0. The third kappa shape index (κ3) is 3.87. The van der Waals surface area contributed by atoms with Gasteiger partial charge in [-0.1, -0.05) is 6.07 Å². The fourth-order valence-corrected chi connectivity index (χ4v) is 2.35. The number of hydrogen-bond acceptors (Lipinski definition) is 3. The van der Waals surface area contributed by atoms with Crippen LogP contribution in [0.15, 0.2) is 18.2 Å². The van der Waals surface area contributed by atoms with Crippen LogP contribution in [0, 0.1) is 0 Å². The second-order valence-corrected chi connectivity index (χ2v) is 5.38. The molecule has 0 aliphatic carbocycles. The second-order valence-electron chi connectivity index (χ2n) is 5.38. The number of hydrogen-bond donors (Lipinski definition) is 2. The van der Waals surface area contributed by atoms with E-state index in [0.717, 1.165) is 17.7 Å². The summed E-state index contributed by atoms with van der Waals surface area (Å²) in [5.41, 5.74) is 2.96. The van der Waals surface area contributed by atoms with Crippen molar-refractivity contribution in [1.29, 1.82) is 0 Å². The molecule has 1 aromatic rings. The molecule has 0 fully saturated rings. The molecule has 2 N–H and O–H groups in total. The van der Waals surface area contributed by atoms with E-state index in [1.165, 1.54) is 12.7 Å². The number of ether oxygens (including phenoxy) is 1. The van der Waals surface area contributed by atoms with Crippen molar-refractivity contribution in [2.45, 2.75) is 32.9 Å². The summed E-state index contributed by atoms with van der Waals surface area (Å²) in [6, 6.07) is 5.63. The van der Waals surface area contributed by atoms with Crippen molar-refractivity contribution in [2.24, 2.45) is 0 Å². The summed E-state index contributed by atoms with van der Waals surface area (Å²) in [5.74, 6) is 0.